The maximum absolute atomic E-state index is 13.7. The summed E-state index contributed by atoms with van der Waals surface area (Å²) in [6, 6.07) is -1.32. The molecule has 7 unspecified atom stereocenters. The van der Waals surface area contributed by atoms with Crippen LogP contribution in [-0.2, 0) is 47.7 Å². The van der Waals surface area contributed by atoms with Crippen molar-refractivity contribution >= 4 is 29.5 Å². The molecule has 0 aromatic heterocycles. The fourth-order valence-electron chi connectivity index (χ4n) is 8.63. The number of carbonyl (C=O) groups is 5. The van der Waals surface area contributed by atoms with Crippen LogP contribution >= 0.6 is 0 Å². The van der Waals surface area contributed by atoms with Gasteiger partial charge in [-0.15, -0.1) is 0 Å². The molecule has 2 saturated carbocycles. The SMILES string of the molecule is CCC1CC(C(=O)CCCNC(=O)CCC(=O)O)C[C@@H](O[C@@H]2OC(CO)[C@H](O)C(O[C@@H](CC3CCCCC3)C(=O)O)C2NC(C)=O)[C@@H]1O[C@@H]1OC(C)[C@@H](O)C(O)[C@@H]1O. The van der Waals surface area contributed by atoms with Gasteiger partial charge >= 0.3 is 11.9 Å². The monoisotopic (exact) mass is 832 g/mol. The van der Waals surface area contributed by atoms with Crippen molar-refractivity contribution in [1.82, 2.24) is 10.6 Å². The first-order chi connectivity index (χ1) is 27.5. The van der Waals surface area contributed by atoms with Crippen molar-refractivity contribution in [3.05, 3.63) is 0 Å². The molecule has 0 spiro atoms. The summed E-state index contributed by atoms with van der Waals surface area (Å²) in [6.45, 7) is 3.97. The van der Waals surface area contributed by atoms with Gasteiger partial charge in [0.2, 0.25) is 11.8 Å². The Bertz CT molecular complexity index is 1360. The Morgan fingerprint density at radius 1 is 0.828 bits per heavy atom. The van der Waals surface area contributed by atoms with E-state index in [0.29, 0.717) is 12.8 Å². The molecule has 0 aromatic carbocycles. The summed E-state index contributed by atoms with van der Waals surface area (Å²) in [5.74, 6) is -4.55. The van der Waals surface area contributed by atoms with Gasteiger partial charge in [-0.3, -0.25) is 19.2 Å². The average molecular weight is 833 g/mol. The number of ether oxygens (including phenoxy) is 5. The number of aliphatic hydroxyl groups is 5. The molecular weight excluding hydrogens is 768 g/mol. The number of amides is 2. The molecule has 332 valence electrons. The number of nitrogens with one attached hydrogen (secondary N) is 2. The van der Waals surface area contributed by atoms with Crippen LogP contribution < -0.4 is 10.6 Å². The normalized spacial score (nSPS) is 36.4. The zero-order chi connectivity index (χ0) is 42.7. The van der Waals surface area contributed by atoms with Gasteiger partial charge in [-0.2, -0.15) is 0 Å². The van der Waals surface area contributed by atoms with Crippen LogP contribution in [0.3, 0.4) is 0 Å². The summed E-state index contributed by atoms with van der Waals surface area (Å²) in [5, 5.41) is 77.9. The van der Waals surface area contributed by atoms with Gasteiger partial charge in [0.05, 0.1) is 31.3 Å². The third-order valence-corrected chi connectivity index (χ3v) is 11.9. The van der Waals surface area contributed by atoms with Crippen molar-refractivity contribution < 1.29 is 83.4 Å². The Hall–Kier alpha value is -2.85. The Kier molecular flexibility index (Phi) is 18.7. The fourth-order valence-corrected chi connectivity index (χ4v) is 8.63. The molecule has 15 atom stereocenters. The standard InChI is InChI=1S/C39H64N2O17/c1-4-22-16-23(24(44)11-8-14-40-28(45)12-13-29(46)47)17-25(35(22)58-39-34(51)33(50)31(48)19(2)54-39)56-38-30(41-20(3)43)36(32(49)27(18-42)57-38)55-26(37(52)53)15-21-9-6-5-7-10-21/h19,21-23,25-27,30-36,38-39,42,48-51H,4-18H2,1-3H3,(H,40,45)(H,41,43)(H,46,47)(H,52,53)/t19?,22?,23?,25-,26+,27?,30?,31-,32+,33?,34+,35-,36?,38-,39+/m1/s1. The highest BCUT2D eigenvalue weighted by Gasteiger charge is 2.52. The predicted octanol–water partition coefficient (Wildman–Crippen LogP) is -0.258. The summed E-state index contributed by atoms with van der Waals surface area (Å²) in [6.07, 6.45) is -11.0. The number of aliphatic carboxylic acids is 2. The number of aliphatic hydroxyl groups excluding tert-OH is 5. The van der Waals surface area contributed by atoms with Crippen molar-refractivity contribution in [2.75, 3.05) is 13.2 Å². The Morgan fingerprint density at radius 2 is 1.53 bits per heavy atom. The molecule has 4 rings (SSSR count). The van der Waals surface area contributed by atoms with Crippen molar-refractivity contribution in [2.45, 2.75) is 184 Å². The molecule has 2 aliphatic heterocycles. The lowest BCUT2D eigenvalue weighted by Gasteiger charge is -2.49. The molecule has 58 heavy (non-hydrogen) atoms. The van der Waals surface area contributed by atoms with Crippen LogP contribution in [0.15, 0.2) is 0 Å². The van der Waals surface area contributed by atoms with E-state index in [9.17, 15) is 54.6 Å². The van der Waals surface area contributed by atoms with Gasteiger partial charge in [0.1, 0.15) is 48.4 Å². The van der Waals surface area contributed by atoms with E-state index in [4.69, 9.17) is 28.8 Å². The minimum absolute atomic E-state index is 0.0124. The largest absolute Gasteiger partial charge is 0.481 e. The molecule has 19 nitrogen and oxygen atoms in total. The van der Waals surface area contributed by atoms with Crippen LogP contribution in [0.1, 0.15) is 104 Å². The summed E-state index contributed by atoms with van der Waals surface area (Å²) in [7, 11) is 0. The van der Waals surface area contributed by atoms with Crippen LogP contribution in [0, 0.1) is 17.8 Å². The van der Waals surface area contributed by atoms with Gasteiger partial charge in [-0.1, -0.05) is 45.4 Å². The maximum atomic E-state index is 13.7. The van der Waals surface area contributed by atoms with Gasteiger partial charge in [0.15, 0.2) is 18.7 Å². The Labute approximate surface area is 338 Å². The summed E-state index contributed by atoms with van der Waals surface area (Å²) >= 11 is 0. The van der Waals surface area contributed by atoms with E-state index in [2.05, 4.69) is 10.6 Å². The highest BCUT2D eigenvalue weighted by molar-refractivity contribution is 5.82. The quantitative estimate of drug-likeness (QED) is 0.0714. The van der Waals surface area contributed by atoms with E-state index in [0.717, 1.165) is 32.1 Å². The number of carboxylic acid groups (broad SMARTS) is 2. The topological polar surface area (TPSA) is 297 Å². The lowest BCUT2D eigenvalue weighted by atomic mass is 9.74. The van der Waals surface area contributed by atoms with Crippen LogP contribution in [-0.4, -0.2) is 158 Å². The summed E-state index contributed by atoms with van der Waals surface area (Å²) < 4.78 is 30.9. The van der Waals surface area contributed by atoms with Crippen LogP contribution in [0.2, 0.25) is 0 Å². The average Bonchev–Trinajstić information content (AvgIpc) is 3.19. The number of Topliss-reactive ketones (excluding diaryl/α,β-unsaturated/α-hetero) is 1. The predicted molar refractivity (Wildman–Crippen MR) is 200 cm³/mol. The third kappa shape index (κ3) is 13.1. The molecule has 4 fully saturated rings. The minimum atomic E-state index is -1.67. The molecule has 0 aromatic rings. The van der Waals surface area contributed by atoms with Crippen molar-refractivity contribution in [3.63, 3.8) is 0 Å². The fraction of sp³-hybridized carbons (Fsp3) is 0.872. The first-order valence-electron chi connectivity index (χ1n) is 20.7. The van der Waals surface area contributed by atoms with Crippen molar-refractivity contribution in [2.24, 2.45) is 17.8 Å². The molecule has 0 bridgehead atoms. The highest BCUT2D eigenvalue weighted by atomic mass is 16.7. The maximum Gasteiger partial charge on any atom is 0.332 e. The molecule has 2 aliphatic carbocycles. The zero-order valence-corrected chi connectivity index (χ0v) is 33.6. The minimum Gasteiger partial charge on any atom is -0.481 e. The van der Waals surface area contributed by atoms with Gasteiger partial charge in [-0.05, 0) is 44.4 Å². The van der Waals surface area contributed by atoms with Crippen LogP contribution in [0.5, 0.6) is 0 Å². The van der Waals surface area contributed by atoms with E-state index >= 15 is 0 Å². The Balaban J connectivity index is 1.61. The van der Waals surface area contributed by atoms with Crippen molar-refractivity contribution in [1.29, 1.82) is 0 Å². The van der Waals surface area contributed by atoms with Crippen molar-refractivity contribution in [3.8, 4) is 0 Å². The molecule has 2 amide bonds. The van der Waals surface area contributed by atoms with E-state index in [1.54, 1.807) is 0 Å². The van der Waals surface area contributed by atoms with E-state index < -0.39 is 122 Å². The smallest absolute Gasteiger partial charge is 0.332 e. The molecule has 2 heterocycles. The number of ketones is 1. The van der Waals surface area contributed by atoms with E-state index in [1.165, 1.54) is 13.8 Å². The second kappa shape index (κ2) is 22.7. The molecule has 9 N–H and O–H groups in total. The molecule has 0 radical (unpaired) electrons. The molecule has 2 saturated heterocycles. The lowest BCUT2D eigenvalue weighted by Crippen LogP contribution is -2.67. The third-order valence-electron chi connectivity index (χ3n) is 11.9. The number of rotatable bonds is 20. The van der Waals surface area contributed by atoms with E-state index in [-0.39, 0.29) is 56.8 Å². The van der Waals surface area contributed by atoms with E-state index in [1.807, 2.05) is 6.92 Å². The number of hydrogen-bond acceptors (Lipinski definition) is 15. The van der Waals surface area contributed by atoms with Crippen LogP contribution in [0.25, 0.3) is 0 Å². The zero-order valence-electron chi connectivity index (χ0n) is 33.6. The van der Waals surface area contributed by atoms with Gasteiger partial charge in [0, 0.05) is 32.2 Å². The summed E-state index contributed by atoms with van der Waals surface area (Å²) in [5.41, 5.74) is 0. The first-order valence-corrected chi connectivity index (χ1v) is 20.7. The summed E-state index contributed by atoms with van der Waals surface area (Å²) in [4.78, 5) is 61.8. The molecule has 4 aliphatic rings. The second-order valence-corrected chi connectivity index (χ2v) is 16.2. The van der Waals surface area contributed by atoms with Gasteiger partial charge in [-0.25, -0.2) is 4.79 Å². The second-order valence-electron chi connectivity index (χ2n) is 16.2. The molecular formula is C39H64N2O17. The number of hydrogen-bond donors (Lipinski definition) is 9. The first kappa shape index (κ1) is 47.8. The number of carbonyl (C=O) groups excluding carboxylic acids is 3. The lowest BCUT2D eigenvalue weighted by molar-refractivity contribution is -0.338. The van der Waals surface area contributed by atoms with Crippen LogP contribution in [0.4, 0.5) is 0 Å². The van der Waals surface area contributed by atoms with Gasteiger partial charge < -0.3 is 70.1 Å². The molecule has 19 heteroatoms. The highest BCUT2D eigenvalue weighted by Crippen LogP contribution is 2.40. The Morgan fingerprint density at radius 3 is 2.16 bits per heavy atom. The van der Waals surface area contributed by atoms with Gasteiger partial charge in [0.25, 0.3) is 0 Å². The number of carboxylic acids is 2.